The Morgan fingerprint density at radius 1 is 0.900 bits per heavy atom. The molecule has 0 fully saturated rings. The second-order valence-corrected chi connectivity index (χ2v) is 8.90. The van der Waals surface area contributed by atoms with Gasteiger partial charge in [0.15, 0.2) is 0 Å². The molecule has 0 saturated carbocycles. The molecule has 2 aromatic rings. The zero-order chi connectivity index (χ0) is 14.9. The molecule has 0 N–H and O–H groups in total. The van der Waals surface area contributed by atoms with Crippen LogP contribution in [0.4, 0.5) is 0 Å². The summed E-state index contributed by atoms with van der Waals surface area (Å²) in [5, 5.41) is 0. The summed E-state index contributed by atoms with van der Waals surface area (Å²) >= 11 is 10.0. The van der Waals surface area contributed by atoms with Crippen molar-refractivity contribution < 1.29 is 13.2 Å². The van der Waals surface area contributed by atoms with Crippen molar-refractivity contribution in [3.05, 3.63) is 49.8 Å². The summed E-state index contributed by atoms with van der Waals surface area (Å²) in [6.45, 7) is 0. The van der Waals surface area contributed by atoms with Gasteiger partial charge in [-0.1, -0.05) is 15.9 Å². The summed E-state index contributed by atoms with van der Waals surface area (Å²) in [6, 6.07) is 9.78. The Bertz CT molecular complexity index is 763. The van der Waals surface area contributed by atoms with Crippen LogP contribution in [0.15, 0.2) is 54.7 Å². The van der Waals surface area contributed by atoms with Crippen molar-refractivity contribution in [3.8, 4) is 11.5 Å². The fraction of sp³-hybridized carbons (Fsp3) is 0. The first-order valence-electron chi connectivity index (χ1n) is 5.14. The molecule has 20 heavy (non-hydrogen) atoms. The lowest BCUT2D eigenvalue weighted by Gasteiger charge is -2.10. The van der Waals surface area contributed by atoms with Gasteiger partial charge in [0.25, 0.3) is 9.05 Å². The van der Waals surface area contributed by atoms with Gasteiger partial charge >= 0.3 is 0 Å². The second-order valence-electron chi connectivity index (χ2n) is 3.71. The quantitative estimate of drug-likeness (QED) is 0.504. The lowest BCUT2D eigenvalue weighted by Crippen LogP contribution is -1.92. The highest BCUT2D eigenvalue weighted by Gasteiger charge is 2.13. The van der Waals surface area contributed by atoms with E-state index in [1.807, 2.05) is 12.1 Å². The Hall–Kier alpha value is -0.0800. The van der Waals surface area contributed by atoms with Gasteiger partial charge in [-0.05, 0) is 68.3 Å². The first-order chi connectivity index (χ1) is 9.27. The minimum atomic E-state index is -3.76. The predicted molar refractivity (Wildman–Crippen MR) is 89.1 cm³/mol. The largest absolute Gasteiger partial charge is 0.455 e. The maximum absolute atomic E-state index is 11.2. The number of hydrogen-bond donors (Lipinski definition) is 0. The number of ether oxygens (including phenoxy) is 1. The van der Waals surface area contributed by atoms with Gasteiger partial charge in [-0.2, -0.15) is 0 Å². The third-order valence-electron chi connectivity index (χ3n) is 2.30. The fourth-order valence-electron chi connectivity index (χ4n) is 1.39. The van der Waals surface area contributed by atoms with E-state index >= 15 is 0 Å². The smallest absolute Gasteiger partial charge is 0.261 e. The molecule has 8 heteroatoms. The average molecular weight is 505 g/mol. The van der Waals surface area contributed by atoms with E-state index in [0.717, 1.165) is 8.95 Å². The molecule has 0 spiro atoms. The van der Waals surface area contributed by atoms with Crippen LogP contribution in [0.3, 0.4) is 0 Å². The van der Waals surface area contributed by atoms with Crippen molar-refractivity contribution in [2.75, 3.05) is 0 Å². The third kappa shape index (κ3) is 3.98. The van der Waals surface area contributed by atoms with Crippen molar-refractivity contribution >= 4 is 67.5 Å². The summed E-state index contributed by atoms with van der Waals surface area (Å²) in [4.78, 5) is 0.00765. The van der Waals surface area contributed by atoms with Crippen LogP contribution in [-0.4, -0.2) is 8.42 Å². The van der Waals surface area contributed by atoms with Crippen LogP contribution in [0, 0.1) is 0 Å². The average Bonchev–Trinajstić information content (AvgIpc) is 2.33. The van der Waals surface area contributed by atoms with E-state index in [1.54, 1.807) is 6.07 Å². The van der Waals surface area contributed by atoms with Gasteiger partial charge in [0.2, 0.25) is 0 Å². The molecular weight excluding hydrogens is 499 g/mol. The molecular formula is C12H6Br3ClO3S. The molecule has 0 amide bonds. The van der Waals surface area contributed by atoms with Gasteiger partial charge < -0.3 is 4.74 Å². The van der Waals surface area contributed by atoms with Crippen molar-refractivity contribution in [3.63, 3.8) is 0 Å². The van der Waals surface area contributed by atoms with Gasteiger partial charge in [-0.3, -0.25) is 0 Å². The maximum Gasteiger partial charge on any atom is 0.261 e. The lowest BCUT2D eigenvalue weighted by atomic mass is 10.3. The van der Waals surface area contributed by atoms with Crippen molar-refractivity contribution in [1.29, 1.82) is 0 Å². The number of rotatable bonds is 3. The predicted octanol–water partition coefficient (Wildman–Crippen LogP) is 5.69. The maximum atomic E-state index is 11.2. The molecule has 2 aromatic carbocycles. The first-order valence-corrected chi connectivity index (χ1v) is 9.83. The second kappa shape index (κ2) is 6.36. The Balaban J connectivity index is 2.35. The molecule has 0 heterocycles. The lowest BCUT2D eigenvalue weighted by molar-refractivity contribution is 0.476. The highest BCUT2D eigenvalue weighted by molar-refractivity contribution is 9.11. The molecule has 0 saturated heterocycles. The van der Waals surface area contributed by atoms with E-state index in [2.05, 4.69) is 47.8 Å². The normalized spacial score (nSPS) is 11.4. The van der Waals surface area contributed by atoms with Crippen LogP contribution in [-0.2, 0) is 9.05 Å². The van der Waals surface area contributed by atoms with Crippen LogP contribution in [0.25, 0.3) is 0 Å². The van der Waals surface area contributed by atoms with Crippen LogP contribution >= 0.6 is 58.5 Å². The van der Waals surface area contributed by atoms with E-state index in [-0.39, 0.29) is 4.90 Å². The molecule has 106 valence electrons. The molecule has 3 nitrogen and oxygen atoms in total. The summed E-state index contributed by atoms with van der Waals surface area (Å²) < 4.78 is 30.4. The number of halogens is 4. The molecule has 0 aromatic heterocycles. The molecule has 0 bridgehead atoms. The van der Waals surface area contributed by atoms with Crippen molar-refractivity contribution in [2.24, 2.45) is 0 Å². The number of benzene rings is 2. The van der Waals surface area contributed by atoms with Gasteiger partial charge in [-0.15, -0.1) is 0 Å². The van der Waals surface area contributed by atoms with E-state index in [4.69, 9.17) is 15.4 Å². The Morgan fingerprint density at radius 3 is 1.95 bits per heavy atom. The molecule has 0 aliphatic heterocycles. The minimum absolute atomic E-state index is 0.00765. The van der Waals surface area contributed by atoms with Crippen LogP contribution in [0.5, 0.6) is 11.5 Å². The van der Waals surface area contributed by atoms with Crippen LogP contribution in [0.1, 0.15) is 0 Å². The van der Waals surface area contributed by atoms with Crippen molar-refractivity contribution in [1.82, 2.24) is 0 Å². The zero-order valence-electron chi connectivity index (χ0n) is 9.61. The Kier molecular flexibility index (Phi) is 5.18. The molecule has 0 aliphatic carbocycles. The molecule has 0 unspecified atom stereocenters. The summed E-state index contributed by atoms with van der Waals surface area (Å²) in [5.41, 5.74) is 0. The Labute approximate surface area is 146 Å². The van der Waals surface area contributed by atoms with E-state index < -0.39 is 9.05 Å². The fourth-order valence-corrected chi connectivity index (χ4v) is 3.91. The van der Waals surface area contributed by atoms with Gasteiger partial charge in [-0.25, -0.2) is 8.42 Å². The molecule has 2 rings (SSSR count). The first kappa shape index (κ1) is 16.3. The molecule has 0 aliphatic rings. The van der Waals surface area contributed by atoms with Gasteiger partial charge in [0, 0.05) is 15.2 Å². The highest BCUT2D eigenvalue weighted by Crippen LogP contribution is 2.36. The summed E-state index contributed by atoms with van der Waals surface area (Å²) in [5.74, 6) is 1.09. The van der Waals surface area contributed by atoms with E-state index in [9.17, 15) is 8.42 Å². The number of hydrogen-bond acceptors (Lipinski definition) is 3. The SMILES string of the molecule is O=S(=O)(Cl)c1ccc(Oc2ccc(Br)cc2Br)c(Br)c1. The molecule has 0 radical (unpaired) electrons. The standard InChI is InChI=1S/C12H6Br3ClO3S/c13-7-1-3-11(9(14)5-7)19-12-4-2-8(6-10(12)15)20(16,17)18/h1-6H. The van der Waals surface area contributed by atoms with Crippen LogP contribution < -0.4 is 4.74 Å². The van der Waals surface area contributed by atoms with Gasteiger partial charge in [0.05, 0.1) is 13.8 Å². The molecule has 0 atom stereocenters. The van der Waals surface area contributed by atoms with Crippen LogP contribution in [0.2, 0.25) is 0 Å². The van der Waals surface area contributed by atoms with Crippen molar-refractivity contribution in [2.45, 2.75) is 4.90 Å². The summed E-state index contributed by atoms with van der Waals surface area (Å²) in [6.07, 6.45) is 0. The van der Waals surface area contributed by atoms with Gasteiger partial charge in [0.1, 0.15) is 11.5 Å². The monoisotopic (exact) mass is 502 g/mol. The highest BCUT2D eigenvalue weighted by atomic mass is 79.9. The summed E-state index contributed by atoms with van der Waals surface area (Å²) in [7, 11) is 1.53. The Morgan fingerprint density at radius 2 is 1.45 bits per heavy atom. The van der Waals surface area contributed by atoms with E-state index in [1.165, 1.54) is 18.2 Å². The third-order valence-corrected chi connectivity index (χ3v) is 5.38. The topological polar surface area (TPSA) is 43.4 Å². The zero-order valence-corrected chi connectivity index (χ0v) is 15.9. The minimum Gasteiger partial charge on any atom is -0.455 e. The van der Waals surface area contributed by atoms with E-state index in [0.29, 0.717) is 16.0 Å².